The summed E-state index contributed by atoms with van der Waals surface area (Å²) in [6.07, 6.45) is -1.02. The molecule has 0 unspecified atom stereocenters. The van der Waals surface area contributed by atoms with E-state index in [1.54, 1.807) is 18.2 Å². The number of nitrogens with one attached hydrogen (secondary N) is 1. The minimum atomic E-state index is -1.02. The number of amides is 1. The van der Waals surface area contributed by atoms with Gasteiger partial charge in [0.05, 0.1) is 4.92 Å². The van der Waals surface area contributed by atoms with Gasteiger partial charge in [-0.1, -0.05) is 23.5 Å². The summed E-state index contributed by atoms with van der Waals surface area (Å²) in [7, 11) is 0. The molecule has 23 heavy (non-hydrogen) atoms. The number of hydrogen-bond acceptors (Lipinski definition) is 6. The van der Waals surface area contributed by atoms with Crippen LogP contribution < -0.4 is 5.32 Å². The van der Waals surface area contributed by atoms with Gasteiger partial charge in [0.1, 0.15) is 4.88 Å². The van der Waals surface area contributed by atoms with E-state index >= 15 is 0 Å². The lowest BCUT2D eigenvalue weighted by atomic mass is 10.2. The highest BCUT2D eigenvalue weighted by Crippen LogP contribution is 2.24. The fourth-order valence-electron chi connectivity index (χ4n) is 1.77. The molecule has 1 amide bonds. The van der Waals surface area contributed by atoms with Crippen molar-refractivity contribution in [1.29, 1.82) is 0 Å². The Hall–Kier alpha value is -2.74. The number of nitro groups is 1. The Kier molecular flexibility index (Phi) is 5.07. The Labute approximate surface area is 136 Å². The molecule has 2 rings (SSSR count). The van der Waals surface area contributed by atoms with Gasteiger partial charge in [-0.05, 0) is 37.6 Å². The summed E-state index contributed by atoms with van der Waals surface area (Å²) in [5.41, 5.74) is 1.59. The topological polar surface area (TPSA) is 98.5 Å². The van der Waals surface area contributed by atoms with Crippen LogP contribution in [0.1, 0.15) is 22.2 Å². The van der Waals surface area contributed by atoms with E-state index in [-0.39, 0.29) is 9.88 Å². The highest BCUT2D eigenvalue weighted by molar-refractivity contribution is 7.17. The molecule has 120 valence electrons. The first-order valence-electron chi connectivity index (χ1n) is 6.69. The van der Waals surface area contributed by atoms with Crippen LogP contribution in [0, 0.1) is 17.0 Å². The second-order valence-electron chi connectivity index (χ2n) is 4.80. The van der Waals surface area contributed by atoms with E-state index in [0.717, 1.165) is 5.56 Å². The number of nitrogens with zero attached hydrogens (tertiary/aromatic N) is 1. The Balaban J connectivity index is 1.97. The Morgan fingerprint density at radius 3 is 2.65 bits per heavy atom. The number of benzene rings is 1. The number of carbonyl (C=O) groups is 2. The maximum atomic E-state index is 12.0. The van der Waals surface area contributed by atoms with Crippen LogP contribution in [-0.2, 0) is 9.53 Å². The van der Waals surface area contributed by atoms with Gasteiger partial charge in [0.15, 0.2) is 6.10 Å². The molecule has 0 aliphatic carbocycles. The molecule has 0 saturated heterocycles. The third-order valence-electron chi connectivity index (χ3n) is 2.91. The van der Waals surface area contributed by atoms with Crippen molar-refractivity contribution in [1.82, 2.24) is 0 Å². The molecule has 0 radical (unpaired) electrons. The number of thiophene rings is 1. The van der Waals surface area contributed by atoms with Gasteiger partial charge in [-0.2, -0.15) is 0 Å². The van der Waals surface area contributed by atoms with Gasteiger partial charge >= 0.3 is 11.0 Å². The van der Waals surface area contributed by atoms with Crippen molar-refractivity contribution in [2.75, 3.05) is 5.32 Å². The summed E-state index contributed by atoms with van der Waals surface area (Å²) >= 11 is 0.703. The standard InChI is InChI=1S/C15H14N2O5S/c1-9-4-3-5-11(8-9)16-14(18)10(2)22-15(19)12-6-7-13(23-12)17(20)21/h3-8,10H,1-2H3,(H,16,18)/t10-/m1/s1. The molecule has 0 spiro atoms. The molecule has 1 atom stereocenters. The highest BCUT2D eigenvalue weighted by Gasteiger charge is 2.22. The van der Waals surface area contributed by atoms with Gasteiger partial charge in [0.25, 0.3) is 5.91 Å². The molecule has 0 fully saturated rings. The molecule has 1 N–H and O–H groups in total. The fourth-order valence-corrected chi connectivity index (χ4v) is 2.48. The number of carbonyl (C=O) groups excluding carboxylic acids is 2. The summed E-state index contributed by atoms with van der Waals surface area (Å²) in [5.74, 6) is -1.25. The molecule has 2 aromatic rings. The quantitative estimate of drug-likeness (QED) is 0.514. The van der Waals surface area contributed by atoms with Crippen molar-refractivity contribution >= 4 is 33.9 Å². The molecule has 1 aromatic carbocycles. The van der Waals surface area contributed by atoms with Gasteiger partial charge in [0.2, 0.25) is 0 Å². The van der Waals surface area contributed by atoms with Crippen LogP contribution in [0.5, 0.6) is 0 Å². The molecule has 0 aliphatic heterocycles. The number of ether oxygens (including phenoxy) is 1. The van der Waals surface area contributed by atoms with E-state index in [1.165, 1.54) is 19.1 Å². The third kappa shape index (κ3) is 4.36. The van der Waals surface area contributed by atoms with E-state index in [1.807, 2.05) is 13.0 Å². The minimum Gasteiger partial charge on any atom is -0.448 e. The number of esters is 1. The lowest BCUT2D eigenvalue weighted by Crippen LogP contribution is -2.29. The van der Waals surface area contributed by atoms with Crippen molar-refractivity contribution in [3.05, 3.63) is 57.0 Å². The average molecular weight is 334 g/mol. The van der Waals surface area contributed by atoms with Gasteiger partial charge in [0, 0.05) is 11.8 Å². The summed E-state index contributed by atoms with van der Waals surface area (Å²) in [5, 5.41) is 13.1. The highest BCUT2D eigenvalue weighted by atomic mass is 32.1. The zero-order chi connectivity index (χ0) is 17.0. The van der Waals surface area contributed by atoms with E-state index in [9.17, 15) is 19.7 Å². The van der Waals surface area contributed by atoms with Crippen molar-refractivity contribution in [3.63, 3.8) is 0 Å². The van der Waals surface area contributed by atoms with Crippen LogP contribution in [0.15, 0.2) is 36.4 Å². The SMILES string of the molecule is Cc1cccc(NC(=O)[C@@H](C)OC(=O)c2ccc([N+](=O)[O-])s2)c1. The van der Waals surface area contributed by atoms with Crippen LogP contribution in [0.4, 0.5) is 10.7 Å². The van der Waals surface area contributed by atoms with Crippen LogP contribution in [0.3, 0.4) is 0 Å². The Bertz CT molecular complexity index is 756. The summed E-state index contributed by atoms with van der Waals surface area (Å²) in [6, 6.07) is 9.72. The van der Waals surface area contributed by atoms with Crippen LogP contribution in [0.2, 0.25) is 0 Å². The largest absolute Gasteiger partial charge is 0.448 e. The smallest absolute Gasteiger partial charge is 0.349 e. The average Bonchev–Trinajstić information content (AvgIpc) is 2.97. The summed E-state index contributed by atoms with van der Waals surface area (Å²) in [6.45, 7) is 3.33. The Morgan fingerprint density at radius 2 is 2.04 bits per heavy atom. The van der Waals surface area contributed by atoms with Crippen molar-refractivity contribution in [2.45, 2.75) is 20.0 Å². The number of rotatable bonds is 5. The van der Waals surface area contributed by atoms with Gasteiger partial charge in [-0.15, -0.1) is 0 Å². The van der Waals surface area contributed by atoms with Gasteiger partial charge in [-0.3, -0.25) is 14.9 Å². The molecular formula is C15H14N2O5S. The third-order valence-corrected chi connectivity index (χ3v) is 3.93. The predicted octanol–water partition coefficient (Wildman–Crippen LogP) is 3.15. The fraction of sp³-hybridized carbons (Fsp3) is 0.200. The Morgan fingerprint density at radius 1 is 1.30 bits per heavy atom. The second kappa shape index (κ2) is 7.01. The lowest BCUT2D eigenvalue weighted by Gasteiger charge is -2.13. The van der Waals surface area contributed by atoms with E-state index < -0.39 is 22.9 Å². The minimum absolute atomic E-state index is 0.0758. The summed E-state index contributed by atoms with van der Waals surface area (Å²) in [4.78, 5) is 34.0. The maximum Gasteiger partial charge on any atom is 0.349 e. The maximum absolute atomic E-state index is 12.0. The van der Waals surface area contributed by atoms with E-state index in [2.05, 4.69) is 5.32 Å². The van der Waals surface area contributed by atoms with Crippen LogP contribution in [-0.4, -0.2) is 22.9 Å². The van der Waals surface area contributed by atoms with E-state index in [0.29, 0.717) is 17.0 Å². The molecule has 8 heteroatoms. The predicted molar refractivity (Wildman–Crippen MR) is 85.7 cm³/mol. The van der Waals surface area contributed by atoms with Crippen LogP contribution in [0.25, 0.3) is 0 Å². The van der Waals surface area contributed by atoms with Crippen molar-refractivity contribution in [2.24, 2.45) is 0 Å². The monoisotopic (exact) mass is 334 g/mol. The first kappa shape index (κ1) is 16.6. The number of hydrogen-bond donors (Lipinski definition) is 1. The van der Waals surface area contributed by atoms with Gasteiger partial charge in [-0.25, -0.2) is 4.79 Å². The van der Waals surface area contributed by atoms with Crippen molar-refractivity contribution < 1.29 is 19.2 Å². The lowest BCUT2D eigenvalue weighted by molar-refractivity contribution is -0.380. The molecule has 0 aliphatic rings. The summed E-state index contributed by atoms with van der Waals surface area (Å²) < 4.78 is 5.03. The molecule has 1 heterocycles. The molecule has 0 saturated carbocycles. The molecule has 7 nitrogen and oxygen atoms in total. The van der Waals surface area contributed by atoms with Crippen LogP contribution >= 0.6 is 11.3 Å². The molecule has 0 bridgehead atoms. The molecular weight excluding hydrogens is 320 g/mol. The zero-order valence-electron chi connectivity index (χ0n) is 12.4. The van der Waals surface area contributed by atoms with Gasteiger partial charge < -0.3 is 10.1 Å². The van der Waals surface area contributed by atoms with Crippen molar-refractivity contribution in [3.8, 4) is 0 Å². The first-order valence-corrected chi connectivity index (χ1v) is 7.51. The zero-order valence-corrected chi connectivity index (χ0v) is 13.3. The normalized spacial score (nSPS) is 11.6. The first-order chi connectivity index (χ1) is 10.9. The second-order valence-corrected chi connectivity index (χ2v) is 5.86. The number of aryl methyl sites for hydroxylation is 1. The molecule has 1 aromatic heterocycles. The van der Waals surface area contributed by atoms with E-state index in [4.69, 9.17) is 4.74 Å². The number of anilines is 1.